The predicted octanol–water partition coefficient (Wildman–Crippen LogP) is 3.44. The van der Waals surface area contributed by atoms with Crippen LogP contribution in [-0.4, -0.2) is 30.7 Å². The molecule has 100 valence electrons. The summed E-state index contributed by atoms with van der Waals surface area (Å²) in [5.41, 5.74) is 1.93. The van der Waals surface area contributed by atoms with Crippen LogP contribution in [0.3, 0.4) is 0 Å². The molecule has 0 atom stereocenters. The molecule has 2 aromatic rings. The lowest BCUT2D eigenvalue weighted by molar-refractivity contribution is -0.488. The van der Waals surface area contributed by atoms with E-state index in [1.165, 1.54) is 0 Å². The number of Topliss-reactive ketones (excluding diaryl/α,β-unsaturated/α-hetero) is 1. The van der Waals surface area contributed by atoms with Crippen molar-refractivity contribution in [2.45, 2.75) is 26.2 Å². The van der Waals surface area contributed by atoms with Crippen LogP contribution in [0.1, 0.15) is 35.4 Å². The van der Waals surface area contributed by atoms with E-state index in [0.717, 1.165) is 35.9 Å². The standard InChI is InChI=1S/C16H20NO2/c1-12-7-8-13-11-16(19-15(13)10-12)14(18)6-4-5-9-17(2)3/h7-8,10-11H,2,4-6,9H2,1,3H3/q+1. The van der Waals surface area contributed by atoms with Gasteiger partial charge < -0.3 is 4.42 Å². The topological polar surface area (TPSA) is 33.2 Å². The number of fused-ring (bicyclic) bond motifs is 1. The van der Waals surface area contributed by atoms with E-state index in [1.54, 1.807) is 0 Å². The third-order valence-corrected chi connectivity index (χ3v) is 3.14. The van der Waals surface area contributed by atoms with Gasteiger partial charge in [0.2, 0.25) is 0 Å². The zero-order valence-electron chi connectivity index (χ0n) is 11.6. The van der Waals surface area contributed by atoms with Gasteiger partial charge in [0.1, 0.15) is 25.9 Å². The number of benzene rings is 1. The van der Waals surface area contributed by atoms with E-state index in [-0.39, 0.29) is 5.78 Å². The van der Waals surface area contributed by atoms with Crippen molar-refractivity contribution in [3.63, 3.8) is 0 Å². The third kappa shape index (κ3) is 3.53. The lowest BCUT2D eigenvalue weighted by Gasteiger charge is -1.97. The number of carbonyl (C=O) groups excluding carboxylic acids is 1. The lowest BCUT2D eigenvalue weighted by atomic mass is 10.1. The summed E-state index contributed by atoms with van der Waals surface area (Å²) in [5.74, 6) is 0.559. The van der Waals surface area contributed by atoms with Gasteiger partial charge in [-0.3, -0.25) is 4.79 Å². The Bertz CT molecular complexity index is 610. The Hall–Kier alpha value is -1.90. The fraction of sp³-hybridized carbons (Fsp3) is 0.375. The van der Waals surface area contributed by atoms with Gasteiger partial charge in [0, 0.05) is 18.2 Å². The quantitative estimate of drug-likeness (QED) is 0.344. The van der Waals surface area contributed by atoms with Gasteiger partial charge in [-0.1, -0.05) is 12.1 Å². The van der Waals surface area contributed by atoms with Crippen molar-refractivity contribution in [2.24, 2.45) is 0 Å². The second-order valence-electron chi connectivity index (χ2n) is 5.11. The number of ketones is 1. The molecule has 1 aromatic carbocycles. The van der Waals surface area contributed by atoms with Gasteiger partial charge in [0.25, 0.3) is 0 Å². The molecule has 2 rings (SSSR count). The van der Waals surface area contributed by atoms with Crippen molar-refractivity contribution in [1.82, 2.24) is 0 Å². The molecule has 19 heavy (non-hydrogen) atoms. The molecule has 1 heterocycles. The van der Waals surface area contributed by atoms with Crippen LogP contribution in [-0.2, 0) is 0 Å². The van der Waals surface area contributed by atoms with Gasteiger partial charge >= 0.3 is 0 Å². The Morgan fingerprint density at radius 2 is 2.11 bits per heavy atom. The van der Waals surface area contributed by atoms with Crippen LogP contribution in [0.25, 0.3) is 11.0 Å². The van der Waals surface area contributed by atoms with Crippen molar-refractivity contribution in [3.8, 4) is 0 Å². The maximum atomic E-state index is 12.0. The molecule has 0 unspecified atom stereocenters. The van der Waals surface area contributed by atoms with Crippen molar-refractivity contribution in [1.29, 1.82) is 0 Å². The second kappa shape index (κ2) is 5.83. The first-order valence-corrected chi connectivity index (χ1v) is 6.61. The van der Waals surface area contributed by atoms with E-state index in [0.29, 0.717) is 12.2 Å². The summed E-state index contributed by atoms with van der Waals surface area (Å²) in [6, 6.07) is 7.81. The number of aryl methyl sites for hydroxylation is 1. The average Bonchev–Trinajstić information content (AvgIpc) is 2.77. The van der Waals surface area contributed by atoms with E-state index >= 15 is 0 Å². The summed E-state index contributed by atoms with van der Waals surface area (Å²) in [6.45, 7) is 6.70. The summed E-state index contributed by atoms with van der Waals surface area (Å²) in [4.78, 5) is 12.0. The normalized spacial score (nSPS) is 10.8. The van der Waals surface area contributed by atoms with Crippen molar-refractivity contribution in [3.05, 3.63) is 35.6 Å². The van der Waals surface area contributed by atoms with E-state index in [1.807, 2.05) is 42.8 Å². The van der Waals surface area contributed by atoms with Crippen LogP contribution in [0, 0.1) is 6.92 Å². The van der Waals surface area contributed by atoms with Crippen LogP contribution in [0.2, 0.25) is 0 Å². The van der Waals surface area contributed by atoms with E-state index in [2.05, 4.69) is 6.72 Å². The zero-order chi connectivity index (χ0) is 13.8. The molecule has 0 aliphatic heterocycles. The highest BCUT2D eigenvalue weighted by Gasteiger charge is 2.12. The van der Waals surface area contributed by atoms with E-state index in [4.69, 9.17) is 4.42 Å². The number of hydrogen-bond donors (Lipinski definition) is 0. The number of carbonyl (C=O) groups is 1. The maximum absolute atomic E-state index is 12.0. The van der Waals surface area contributed by atoms with Gasteiger partial charge in [-0.2, -0.15) is 0 Å². The average molecular weight is 258 g/mol. The largest absolute Gasteiger partial charge is 0.453 e. The van der Waals surface area contributed by atoms with Crippen LogP contribution >= 0.6 is 0 Å². The van der Waals surface area contributed by atoms with E-state index in [9.17, 15) is 4.79 Å². The fourth-order valence-electron chi connectivity index (χ4n) is 2.07. The van der Waals surface area contributed by atoms with Gasteiger partial charge in [-0.05, 0) is 31.0 Å². The molecule has 0 aliphatic rings. The molecule has 0 saturated carbocycles. The molecule has 0 spiro atoms. The molecule has 0 N–H and O–H groups in total. The fourth-order valence-corrected chi connectivity index (χ4v) is 2.07. The van der Waals surface area contributed by atoms with Crippen molar-refractivity contribution >= 4 is 23.5 Å². The Balaban J connectivity index is 1.99. The highest BCUT2D eigenvalue weighted by atomic mass is 16.3. The summed E-state index contributed by atoms with van der Waals surface area (Å²) in [5, 5.41) is 0.992. The molecular formula is C16H20NO2+. The Kier molecular flexibility index (Phi) is 4.15. The Morgan fingerprint density at radius 3 is 2.84 bits per heavy atom. The molecule has 0 fully saturated rings. The molecule has 0 aliphatic carbocycles. The predicted molar refractivity (Wildman–Crippen MR) is 77.3 cm³/mol. The number of rotatable bonds is 6. The molecule has 3 heteroatoms. The highest BCUT2D eigenvalue weighted by molar-refractivity contribution is 5.97. The van der Waals surface area contributed by atoms with Crippen molar-refractivity contribution in [2.75, 3.05) is 13.6 Å². The first kappa shape index (κ1) is 13.5. The van der Waals surface area contributed by atoms with Crippen LogP contribution in [0.5, 0.6) is 0 Å². The van der Waals surface area contributed by atoms with Crippen LogP contribution in [0.15, 0.2) is 28.7 Å². The number of unbranched alkanes of at least 4 members (excludes halogenated alkanes) is 1. The first-order valence-electron chi connectivity index (χ1n) is 6.61. The highest BCUT2D eigenvalue weighted by Crippen LogP contribution is 2.21. The summed E-state index contributed by atoms with van der Waals surface area (Å²) in [6.07, 6.45) is 2.38. The molecule has 0 radical (unpaired) electrons. The maximum Gasteiger partial charge on any atom is 0.198 e. The molecule has 0 saturated heterocycles. The van der Waals surface area contributed by atoms with Crippen molar-refractivity contribution < 1.29 is 13.8 Å². The minimum Gasteiger partial charge on any atom is -0.453 e. The first-order chi connectivity index (χ1) is 9.06. The smallest absolute Gasteiger partial charge is 0.198 e. The second-order valence-corrected chi connectivity index (χ2v) is 5.11. The minimum absolute atomic E-state index is 0.0839. The Morgan fingerprint density at radius 1 is 1.32 bits per heavy atom. The van der Waals surface area contributed by atoms with Gasteiger partial charge in [0.05, 0.1) is 0 Å². The molecule has 0 amide bonds. The van der Waals surface area contributed by atoms with Crippen LogP contribution in [0.4, 0.5) is 0 Å². The third-order valence-electron chi connectivity index (χ3n) is 3.14. The SMILES string of the molecule is C=[N+](C)CCCCC(=O)c1cc2ccc(C)cc2o1. The van der Waals surface area contributed by atoms with Gasteiger partial charge in [-0.25, -0.2) is 4.58 Å². The molecule has 0 bridgehead atoms. The lowest BCUT2D eigenvalue weighted by Crippen LogP contribution is -2.05. The monoisotopic (exact) mass is 258 g/mol. The molecular weight excluding hydrogens is 238 g/mol. The summed E-state index contributed by atoms with van der Waals surface area (Å²) >= 11 is 0. The number of furan rings is 1. The Labute approximate surface area is 113 Å². The number of nitrogens with zero attached hydrogens (tertiary/aromatic N) is 1. The zero-order valence-corrected chi connectivity index (χ0v) is 11.6. The summed E-state index contributed by atoms with van der Waals surface area (Å²) in [7, 11) is 1.93. The van der Waals surface area contributed by atoms with Crippen LogP contribution < -0.4 is 0 Å². The van der Waals surface area contributed by atoms with Gasteiger partial charge in [0.15, 0.2) is 11.5 Å². The van der Waals surface area contributed by atoms with Gasteiger partial charge in [-0.15, -0.1) is 0 Å². The summed E-state index contributed by atoms with van der Waals surface area (Å²) < 4.78 is 7.50. The molecule has 1 aromatic heterocycles. The van der Waals surface area contributed by atoms with E-state index < -0.39 is 0 Å². The molecule has 3 nitrogen and oxygen atoms in total. The number of hydrogen-bond acceptors (Lipinski definition) is 2. The minimum atomic E-state index is 0.0839.